The molecule has 0 bridgehead atoms. The SMILES string of the molecule is O=c1c[n+](-c2ccc(Cl)c([N+](=O)[O-])c2)[nH]o1. The summed E-state index contributed by atoms with van der Waals surface area (Å²) in [6.45, 7) is 0. The fourth-order valence-corrected chi connectivity index (χ4v) is 1.36. The van der Waals surface area contributed by atoms with Crippen LogP contribution in [0.25, 0.3) is 5.69 Å². The highest BCUT2D eigenvalue weighted by Gasteiger charge is 2.19. The molecule has 0 fully saturated rings. The van der Waals surface area contributed by atoms with Crippen molar-refractivity contribution in [1.29, 1.82) is 0 Å². The number of aromatic nitrogens is 2. The van der Waals surface area contributed by atoms with Gasteiger partial charge in [-0.15, -0.1) is 0 Å². The van der Waals surface area contributed by atoms with E-state index in [0.717, 1.165) is 6.20 Å². The number of nitrogens with zero attached hydrogens (tertiary/aromatic N) is 2. The molecule has 0 radical (unpaired) electrons. The van der Waals surface area contributed by atoms with Crippen molar-refractivity contribution in [3.8, 4) is 5.69 Å². The summed E-state index contributed by atoms with van der Waals surface area (Å²) in [4.78, 5) is 20.8. The van der Waals surface area contributed by atoms with Crippen LogP contribution in [0.4, 0.5) is 5.69 Å². The van der Waals surface area contributed by atoms with Crippen LogP contribution in [0.3, 0.4) is 0 Å². The lowest BCUT2D eigenvalue weighted by atomic mass is 10.3. The van der Waals surface area contributed by atoms with E-state index in [-0.39, 0.29) is 10.7 Å². The predicted octanol–water partition coefficient (Wildman–Crippen LogP) is 0.806. The standard InChI is InChI=1S/C8H4ClN3O4/c9-6-2-1-5(3-7(6)12(14)15)11-4-8(13)16-10-11/h1-4H/p+1. The van der Waals surface area contributed by atoms with Crippen molar-refractivity contribution >= 4 is 17.3 Å². The van der Waals surface area contributed by atoms with Crippen molar-refractivity contribution in [3.63, 3.8) is 0 Å². The molecule has 0 amide bonds. The first kappa shape index (κ1) is 10.4. The molecule has 2 aromatic rings. The summed E-state index contributed by atoms with van der Waals surface area (Å²) in [6, 6.07) is 4.11. The van der Waals surface area contributed by atoms with Gasteiger partial charge in [0.1, 0.15) is 5.02 Å². The number of nitro groups is 1. The van der Waals surface area contributed by atoms with E-state index in [1.165, 1.54) is 22.9 Å². The smallest absolute Gasteiger partial charge is 0.283 e. The molecule has 0 aliphatic carbocycles. The Labute approximate surface area is 93.0 Å². The molecular weight excluding hydrogens is 238 g/mol. The Morgan fingerprint density at radius 2 is 2.25 bits per heavy atom. The van der Waals surface area contributed by atoms with Crippen molar-refractivity contribution < 1.29 is 14.1 Å². The van der Waals surface area contributed by atoms with Crippen LogP contribution >= 0.6 is 11.6 Å². The number of rotatable bonds is 2. The molecule has 7 nitrogen and oxygen atoms in total. The Bertz CT molecular complexity index is 603. The maximum Gasteiger partial charge on any atom is 0.427 e. The lowest BCUT2D eigenvalue weighted by Crippen LogP contribution is -2.32. The average molecular weight is 243 g/mol. The second kappa shape index (κ2) is 3.78. The van der Waals surface area contributed by atoms with Gasteiger partial charge in [-0.3, -0.25) is 14.6 Å². The molecule has 0 atom stereocenters. The molecule has 0 aliphatic heterocycles. The molecule has 1 aromatic carbocycles. The minimum Gasteiger partial charge on any atom is -0.283 e. The van der Waals surface area contributed by atoms with Crippen molar-refractivity contribution in [2.45, 2.75) is 0 Å². The number of nitro benzene ring substituents is 1. The van der Waals surface area contributed by atoms with Crippen molar-refractivity contribution in [3.05, 3.63) is 50.0 Å². The van der Waals surface area contributed by atoms with Crippen molar-refractivity contribution in [2.75, 3.05) is 0 Å². The highest BCUT2D eigenvalue weighted by Crippen LogP contribution is 2.24. The molecular formula is C8H5ClN3O4+. The van der Waals surface area contributed by atoms with Crippen LogP contribution in [-0.2, 0) is 0 Å². The van der Waals surface area contributed by atoms with E-state index in [2.05, 4.69) is 9.79 Å². The fraction of sp³-hybridized carbons (Fsp3) is 0. The zero-order chi connectivity index (χ0) is 11.7. The second-order valence-corrected chi connectivity index (χ2v) is 3.31. The highest BCUT2D eigenvalue weighted by molar-refractivity contribution is 6.32. The van der Waals surface area contributed by atoms with Gasteiger partial charge >= 0.3 is 5.63 Å². The Hall–Kier alpha value is -2.15. The van der Waals surface area contributed by atoms with E-state index >= 15 is 0 Å². The van der Waals surface area contributed by atoms with E-state index < -0.39 is 10.5 Å². The third kappa shape index (κ3) is 1.80. The number of hydrogen-bond acceptors (Lipinski definition) is 4. The number of aromatic amines is 1. The van der Waals surface area contributed by atoms with Gasteiger partial charge in [0.15, 0.2) is 0 Å². The number of hydrogen-bond donors (Lipinski definition) is 1. The number of nitrogens with one attached hydrogen (secondary N) is 1. The molecule has 0 saturated heterocycles. The number of halogens is 1. The van der Waals surface area contributed by atoms with Crippen LogP contribution in [0.2, 0.25) is 5.02 Å². The van der Waals surface area contributed by atoms with Gasteiger partial charge in [0, 0.05) is 6.07 Å². The Balaban J connectivity index is 2.55. The van der Waals surface area contributed by atoms with Gasteiger partial charge in [-0.25, -0.2) is 4.79 Å². The molecule has 1 heterocycles. The number of benzene rings is 1. The maximum atomic E-state index is 10.8. The fourth-order valence-electron chi connectivity index (χ4n) is 1.17. The molecule has 0 saturated carbocycles. The summed E-state index contributed by atoms with van der Waals surface area (Å²) >= 11 is 5.64. The molecule has 1 N–H and O–H groups in total. The van der Waals surface area contributed by atoms with E-state index in [1.807, 2.05) is 0 Å². The summed E-state index contributed by atoms with van der Waals surface area (Å²) < 4.78 is 5.64. The molecule has 0 unspecified atom stereocenters. The summed E-state index contributed by atoms with van der Waals surface area (Å²) in [5, 5.41) is 12.9. The van der Waals surface area contributed by atoms with E-state index in [4.69, 9.17) is 11.6 Å². The van der Waals surface area contributed by atoms with Gasteiger partial charge in [0.2, 0.25) is 5.69 Å². The van der Waals surface area contributed by atoms with Crippen LogP contribution < -0.4 is 10.3 Å². The topological polar surface area (TPSA) is 93.0 Å². The van der Waals surface area contributed by atoms with Crippen molar-refractivity contribution in [2.24, 2.45) is 0 Å². The molecule has 82 valence electrons. The molecule has 8 heteroatoms. The molecule has 2 rings (SSSR count). The molecule has 1 aromatic heterocycles. The summed E-state index contributed by atoms with van der Waals surface area (Å²) in [7, 11) is 0. The molecule has 16 heavy (non-hydrogen) atoms. The van der Waals surface area contributed by atoms with Gasteiger partial charge in [0.05, 0.1) is 11.0 Å². The Morgan fingerprint density at radius 3 is 2.81 bits per heavy atom. The van der Waals surface area contributed by atoms with E-state index in [0.29, 0.717) is 5.69 Å². The van der Waals surface area contributed by atoms with Crippen LogP contribution in [0.1, 0.15) is 0 Å². The zero-order valence-electron chi connectivity index (χ0n) is 7.71. The monoisotopic (exact) mass is 242 g/mol. The van der Waals surface area contributed by atoms with Crippen molar-refractivity contribution in [1.82, 2.24) is 5.27 Å². The Morgan fingerprint density at radius 1 is 1.50 bits per heavy atom. The number of H-pyrrole nitrogens is 1. The lowest BCUT2D eigenvalue weighted by molar-refractivity contribution is -0.670. The minimum atomic E-state index is -0.607. The van der Waals surface area contributed by atoms with Gasteiger partial charge in [-0.1, -0.05) is 11.6 Å². The van der Waals surface area contributed by atoms with Crippen LogP contribution in [0.5, 0.6) is 0 Å². The first-order chi connectivity index (χ1) is 7.58. The molecule has 0 spiro atoms. The summed E-state index contributed by atoms with van der Waals surface area (Å²) in [5.41, 5.74) is -0.451. The average Bonchev–Trinajstić information content (AvgIpc) is 2.65. The summed E-state index contributed by atoms with van der Waals surface area (Å²) in [5.74, 6) is 0. The molecule has 0 aliphatic rings. The zero-order valence-corrected chi connectivity index (χ0v) is 8.47. The Kier molecular flexibility index (Phi) is 2.45. The van der Waals surface area contributed by atoms with E-state index in [1.54, 1.807) is 0 Å². The van der Waals surface area contributed by atoms with Crippen LogP contribution in [-0.4, -0.2) is 10.2 Å². The summed E-state index contributed by atoms with van der Waals surface area (Å²) in [6.07, 6.45) is 1.12. The van der Waals surface area contributed by atoms with Gasteiger partial charge in [0.25, 0.3) is 11.9 Å². The normalized spacial score (nSPS) is 10.3. The third-order valence-electron chi connectivity index (χ3n) is 1.88. The lowest BCUT2D eigenvalue weighted by Gasteiger charge is -1.94. The van der Waals surface area contributed by atoms with Crippen LogP contribution in [0, 0.1) is 10.1 Å². The highest BCUT2D eigenvalue weighted by atomic mass is 35.5. The first-order valence-electron chi connectivity index (χ1n) is 4.12. The predicted molar refractivity (Wildman–Crippen MR) is 52.5 cm³/mol. The first-order valence-corrected chi connectivity index (χ1v) is 4.50. The second-order valence-electron chi connectivity index (χ2n) is 2.90. The van der Waals surface area contributed by atoms with Crippen LogP contribution in [0.15, 0.2) is 33.7 Å². The quantitative estimate of drug-likeness (QED) is 0.479. The minimum absolute atomic E-state index is 0.0280. The van der Waals surface area contributed by atoms with E-state index in [9.17, 15) is 14.9 Å². The maximum absolute atomic E-state index is 10.8. The van der Waals surface area contributed by atoms with Gasteiger partial charge in [-0.2, -0.15) is 0 Å². The van der Waals surface area contributed by atoms with Gasteiger partial charge < -0.3 is 0 Å². The largest absolute Gasteiger partial charge is 0.427 e. The third-order valence-corrected chi connectivity index (χ3v) is 2.20. The van der Waals surface area contributed by atoms with Gasteiger partial charge in [-0.05, 0) is 16.0 Å².